The first kappa shape index (κ1) is 22.5. The van der Waals surface area contributed by atoms with Crippen molar-refractivity contribution in [2.24, 2.45) is 17.6 Å². The number of nitrogens with zero attached hydrogens (tertiary/aromatic N) is 4. The van der Waals surface area contributed by atoms with Gasteiger partial charge in [0, 0.05) is 31.6 Å². The van der Waals surface area contributed by atoms with Gasteiger partial charge in [-0.2, -0.15) is 10.4 Å². The van der Waals surface area contributed by atoms with Gasteiger partial charge >= 0.3 is 6.09 Å². The van der Waals surface area contributed by atoms with Gasteiger partial charge in [-0.15, -0.1) is 0 Å². The van der Waals surface area contributed by atoms with E-state index in [1.807, 2.05) is 0 Å². The summed E-state index contributed by atoms with van der Waals surface area (Å²) in [6, 6.07) is 6.71. The predicted molar refractivity (Wildman–Crippen MR) is 115 cm³/mol. The zero-order valence-corrected chi connectivity index (χ0v) is 17.9. The van der Waals surface area contributed by atoms with Gasteiger partial charge in [0.2, 0.25) is 0 Å². The normalized spacial score (nSPS) is 23.6. The lowest BCUT2D eigenvalue weighted by Crippen LogP contribution is -2.55. The number of carboxylic acid groups (broad SMARTS) is 1. The number of anilines is 2. The molecule has 0 bridgehead atoms. The highest BCUT2D eigenvalue weighted by molar-refractivity contribution is 5.98. The van der Waals surface area contributed by atoms with E-state index in [-0.39, 0.29) is 23.8 Å². The highest BCUT2D eigenvalue weighted by atomic mass is 19.1. The Kier molecular flexibility index (Phi) is 6.46. The van der Waals surface area contributed by atoms with Crippen LogP contribution in [0.1, 0.15) is 35.7 Å². The molecule has 2 aromatic rings. The van der Waals surface area contributed by atoms with Crippen molar-refractivity contribution in [2.75, 3.05) is 25.1 Å². The van der Waals surface area contributed by atoms with Gasteiger partial charge in [-0.05, 0) is 49.4 Å². The van der Waals surface area contributed by atoms with E-state index >= 15 is 0 Å². The minimum absolute atomic E-state index is 0.0225. The molecule has 174 valence electrons. The van der Waals surface area contributed by atoms with Crippen molar-refractivity contribution < 1.29 is 23.8 Å². The second-order valence-electron chi connectivity index (χ2n) is 8.30. The molecule has 3 atom stereocenters. The standard InChI is InChI=1S/C22H25FN6O4/c23-15-1-3-16(4-2-15)26-21-17(20(25)30)12-29(27-21)19-14(11-24)5-8-28(22(31)32)18(19)13-6-9-33-10-7-13/h1-4,12-14,18-19H,5-10H2,(H2,25,30)(H,26,27)(H,31,32). The number of carbonyl (C=O) groups is 2. The van der Waals surface area contributed by atoms with Gasteiger partial charge in [-0.1, -0.05) is 0 Å². The third kappa shape index (κ3) is 4.61. The predicted octanol–water partition coefficient (Wildman–Crippen LogP) is 2.72. The summed E-state index contributed by atoms with van der Waals surface area (Å²) in [5.41, 5.74) is 6.17. The van der Waals surface area contributed by atoms with E-state index in [1.165, 1.54) is 40.0 Å². The van der Waals surface area contributed by atoms with Gasteiger partial charge in [0.1, 0.15) is 11.4 Å². The SMILES string of the molecule is N#CC1CCN(C(=O)O)C(C2CCOCC2)C1n1cc(C(N)=O)c(Nc2ccc(F)cc2)n1. The second-order valence-corrected chi connectivity index (χ2v) is 8.30. The van der Waals surface area contributed by atoms with Gasteiger partial charge in [-0.25, -0.2) is 9.18 Å². The van der Waals surface area contributed by atoms with Gasteiger partial charge in [0.25, 0.3) is 5.91 Å². The molecular weight excluding hydrogens is 431 g/mol. The Bertz CT molecular complexity index is 1060. The molecule has 2 amide bonds. The smallest absolute Gasteiger partial charge is 0.407 e. The van der Waals surface area contributed by atoms with Gasteiger partial charge < -0.3 is 25.8 Å². The molecule has 0 aliphatic carbocycles. The van der Waals surface area contributed by atoms with Gasteiger partial charge in [-0.3, -0.25) is 9.48 Å². The molecular formula is C22H25FN6O4. The number of aromatic nitrogens is 2. The largest absolute Gasteiger partial charge is 0.465 e. The summed E-state index contributed by atoms with van der Waals surface area (Å²) >= 11 is 0. The zero-order valence-electron chi connectivity index (χ0n) is 17.9. The average molecular weight is 456 g/mol. The highest BCUT2D eigenvalue weighted by Crippen LogP contribution is 2.40. The fourth-order valence-electron chi connectivity index (χ4n) is 4.80. The molecule has 4 N–H and O–H groups in total. The third-order valence-electron chi connectivity index (χ3n) is 6.37. The third-order valence-corrected chi connectivity index (χ3v) is 6.37. The van der Waals surface area contributed by atoms with Crippen molar-refractivity contribution in [3.05, 3.63) is 41.8 Å². The molecule has 11 heteroatoms. The number of hydrogen-bond donors (Lipinski definition) is 3. The maximum Gasteiger partial charge on any atom is 0.407 e. The number of halogens is 1. The fourth-order valence-corrected chi connectivity index (χ4v) is 4.80. The lowest BCUT2D eigenvalue weighted by atomic mass is 9.77. The second kappa shape index (κ2) is 9.46. The maximum atomic E-state index is 13.3. The van der Waals surface area contributed by atoms with Crippen molar-refractivity contribution in [1.29, 1.82) is 5.26 Å². The Morgan fingerprint density at radius 3 is 2.52 bits per heavy atom. The summed E-state index contributed by atoms with van der Waals surface area (Å²) in [5, 5.41) is 27.3. The first-order valence-electron chi connectivity index (χ1n) is 10.8. The lowest BCUT2D eigenvalue weighted by molar-refractivity contribution is -0.0135. The number of ether oxygens (including phenoxy) is 1. The first-order chi connectivity index (χ1) is 15.9. The number of nitrogens with one attached hydrogen (secondary N) is 1. The number of amides is 2. The number of carbonyl (C=O) groups excluding carboxylic acids is 1. The maximum absolute atomic E-state index is 13.3. The zero-order chi connectivity index (χ0) is 23.5. The van der Waals surface area contributed by atoms with Crippen molar-refractivity contribution >= 4 is 23.5 Å². The van der Waals surface area contributed by atoms with Crippen LogP contribution in [0, 0.1) is 29.0 Å². The van der Waals surface area contributed by atoms with E-state index < -0.39 is 35.8 Å². The summed E-state index contributed by atoms with van der Waals surface area (Å²) in [4.78, 5) is 25.6. The number of rotatable bonds is 5. The van der Waals surface area contributed by atoms with Crippen LogP contribution in [0.2, 0.25) is 0 Å². The molecule has 4 rings (SSSR count). The number of nitrogens with two attached hydrogens (primary N) is 1. The van der Waals surface area contributed by atoms with Crippen LogP contribution in [-0.4, -0.2) is 57.6 Å². The number of primary amides is 1. The van der Waals surface area contributed by atoms with Crippen LogP contribution in [0.4, 0.5) is 20.7 Å². The van der Waals surface area contributed by atoms with E-state index in [0.29, 0.717) is 38.2 Å². The fraction of sp³-hybridized carbons (Fsp3) is 0.455. The number of likely N-dealkylation sites (tertiary alicyclic amines) is 1. The Labute approximate surface area is 189 Å². The van der Waals surface area contributed by atoms with E-state index in [2.05, 4.69) is 16.5 Å². The summed E-state index contributed by atoms with van der Waals surface area (Å²) in [5.74, 6) is -1.51. The van der Waals surface area contributed by atoms with Crippen LogP contribution >= 0.6 is 0 Å². The molecule has 3 unspecified atom stereocenters. The minimum atomic E-state index is -1.06. The van der Waals surface area contributed by atoms with Gasteiger partial charge in [0.05, 0.1) is 24.1 Å². The lowest BCUT2D eigenvalue weighted by Gasteiger charge is -2.46. The van der Waals surface area contributed by atoms with E-state index in [1.54, 1.807) is 0 Å². The van der Waals surface area contributed by atoms with Crippen LogP contribution in [0.15, 0.2) is 30.5 Å². The monoisotopic (exact) mass is 456 g/mol. The summed E-state index contributed by atoms with van der Waals surface area (Å²) in [6.07, 6.45) is 2.07. The molecule has 2 aliphatic heterocycles. The number of piperidine rings is 1. The molecule has 2 fully saturated rings. The Balaban J connectivity index is 1.75. The number of nitriles is 1. The molecule has 0 saturated carbocycles. The molecule has 0 radical (unpaired) electrons. The van der Waals surface area contributed by atoms with Crippen molar-refractivity contribution in [3.63, 3.8) is 0 Å². The van der Waals surface area contributed by atoms with Crippen molar-refractivity contribution in [2.45, 2.75) is 31.3 Å². The van der Waals surface area contributed by atoms with Crippen LogP contribution in [0.25, 0.3) is 0 Å². The summed E-state index contributed by atoms with van der Waals surface area (Å²) < 4.78 is 20.2. The summed E-state index contributed by atoms with van der Waals surface area (Å²) in [6.45, 7) is 1.28. The molecule has 33 heavy (non-hydrogen) atoms. The molecule has 1 aromatic heterocycles. The summed E-state index contributed by atoms with van der Waals surface area (Å²) in [7, 11) is 0. The number of benzene rings is 1. The Hall–Kier alpha value is -3.65. The Morgan fingerprint density at radius 2 is 1.91 bits per heavy atom. The molecule has 1 aromatic carbocycles. The van der Waals surface area contributed by atoms with Crippen LogP contribution < -0.4 is 11.1 Å². The minimum Gasteiger partial charge on any atom is -0.465 e. The first-order valence-corrected chi connectivity index (χ1v) is 10.8. The highest BCUT2D eigenvalue weighted by Gasteiger charge is 2.46. The molecule has 2 saturated heterocycles. The topological polar surface area (TPSA) is 146 Å². The van der Waals surface area contributed by atoms with E-state index in [9.17, 15) is 24.3 Å². The van der Waals surface area contributed by atoms with Crippen LogP contribution in [0.5, 0.6) is 0 Å². The van der Waals surface area contributed by atoms with Crippen molar-refractivity contribution in [3.8, 4) is 6.07 Å². The average Bonchev–Trinajstić information content (AvgIpc) is 3.23. The van der Waals surface area contributed by atoms with Crippen LogP contribution in [0.3, 0.4) is 0 Å². The van der Waals surface area contributed by atoms with Crippen molar-refractivity contribution in [1.82, 2.24) is 14.7 Å². The van der Waals surface area contributed by atoms with Gasteiger partial charge in [0.15, 0.2) is 5.82 Å². The molecule has 0 spiro atoms. The molecule has 2 aliphatic rings. The van der Waals surface area contributed by atoms with Crippen LogP contribution in [-0.2, 0) is 4.74 Å². The molecule has 3 heterocycles. The van der Waals surface area contributed by atoms with E-state index in [0.717, 1.165) is 0 Å². The molecule has 10 nitrogen and oxygen atoms in total. The Morgan fingerprint density at radius 1 is 1.21 bits per heavy atom. The van der Waals surface area contributed by atoms with E-state index in [4.69, 9.17) is 10.5 Å². The number of hydrogen-bond acceptors (Lipinski definition) is 6. The quantitative estimate of drug-likeness (QED) is 0.627.